The van der Waals surface area contributed by atoms with Crippen molar-refractivity contribution < 1.29 is 28.6 Å². The predicted octanol–water partition coefficient (Wildman–Crippen LogP) is 4.66. The number of carbonyl (C=O) groups is 3. The van der Waals surface area contributed by atoms with Crippen molar-refractivity contribution in [3.05, 3.63) is 36.0 Å². The summed E-state index contributed by atoms with van der Waals surface area (Å²) >= 11 is 0. The van der Waals surface area contributed by atoms with Crippen molar-refractivity contribution in [3.63, 3.8) is 0 Å². The van der Waals surface area contributed by atoms with Gasteiger partial charge < -0.3 is 18.8 Å². The summed E-state index contributed by atoms with van der Waals surface area (Å²) in [5.41, 5.74) is 0.103. The highest BCUT2D eigenvalue weighted by molar-refractivity contribution is 5.94. The van der Waals surface area contributed by atoms with Gasteiger partial charge in [-0.15, -0.1) is 0 Å². The Morgan fingerprint density at radius 3 is 1.97 bits per heavy atom. The van der Waals surface area contributed by atoms with E-state index in [-0.39, 0.29) is 6.54 Å². The van der Waals surface area contributed by atoms with Gasteiger partial charge in [0.25, 0.3) is 0 Å². The van der Waals surface area contributed by atoms with Crippen LogP contribution >= 0.6 is 0 Å². The maximum absolute atomic E-state index is 13.0. The first-order valence-corrected chi connectivity index (χ1v) is 10.1. The van der Waals surface area contributed by atoms with Gasteiger partial charge in [0.1, 0.15) is 11.2 Å². The molecule has 0 N–H and O–H groups in total. The van der Waals surface area contributed by atoms with Gasteiger partial charge in [-0.3, -0.25) is 0 Å². The number of hydrogen-bond acceptors (Lipinski definition) is 6. The van der Waals surface area contributed by atoms with Gasteiger partial charge in [-0.1, -0.05) is 18.2 Å². The largest absolute Gasteiger partial charge is 0.467 e. The number of nitrogens with zero attached hydrogens (tertiary/aromatic N) is 2. The molecule has 0 aliphatic rings. The van der Waals surface area contributed by atoms with Crippen molar-refractivity contribution in [2.24, 2.45) is 0 Å². The Kier molecular flexibility index (Phi) is 7.03. The van der Waals surface area contributed by atoms with E-state index in [4.69, 9.17) is 14.2 Å². The monoisotopic (exact) mass is 432 g/mol. The third-order valence-electron chi connectivity index (χ3n) is 4.32. The van der Waals surface area contributed by atoms with E-state index in [1.807, 2.05) is 42.0 Å². The van der Waals surface area contributed by atoms with Crippen molar-refractivity contribution >= 4 is 29.1 Å². The Labute approximate surface area is 183 Å². The summed E-state index contributed by atoms with van der Waals surface area (Å²) in [6.07, 6.45) is -0.0983. The third-order valence-corrected chi connectivity index (χ3v) is 4.32. The lowest BCUT2D eigenvalue weighted by Crippen LogP contribution is -2.53. The lowest BCUT2D eigenvalue weighted by molar-refractivity contribution is -0.147. The second-order valence-corrected chi connectivity index (χ2v) is 9.35. The minimum absolute atomic E-state index is 0.0144. The third kappa shape index (κ3) is 6.23. The molecule has 1 unspecified atom stereocenters. The molecule has 0 aliphatic heterocycles. The molecular weight excluding hydrogens is 400 g/mol. The molecule has 170 valence electrons. The Morgan fingerprint density at radius 2 is 1.48 bits per heavy atom. The second-order valence-electron chi connectivity index (χ2n) is 9.35. The van der Waals surface area contributed by atoms with Crippen LogP contribution in [0.1, 0.15) is 47.1 Å². The molecule has 8 nitrogen and oxygen atoms in total. The number of esters is 1. The van der Waals surface area contributed by atoms with Crippen LogP contribution in [-0.2, 0) is 25.5 Å². The van der Waals surface area contributed by atoms with Crippen LogP contribution in [0.4, 0.5) is 9.59 Å². The molecule has 1 atom stereocenters. The number of amides is 2. The molecule has 0 saturated heterocycles. The number of fused-ring (bicyclic) bond motifs is 1. The highest BCUT2D eigenvalue weighted by atomic mass is 16.6. The summed E-state index contributed by atoms with van der Waals surface area (Å²) in [6, 6.07) is 6.39. The Hall–Kier alpha value is -3.03. The number of methoxy groups -OCH3 is 1. The van der Waals surface area contributed by atoms with Crippen LogP contribution in [0.25, 0.3) is 10.9 Å². The summed E-state index contributed by atoms with van der Waals surface area (Å²) in [5.74, 6) is -0.757. The maximum atomic E-state index is 13.0. The molecule has 8 heteroatoms. The van der Waals surface area contributed by atoms with E-state index in [9.17, 15) is 14.4 Å². The summed E-state index contributed by atoms with van der Waals surface area (Å²) in [5, 5.41) is 1.01. The highest BCUT2D eigenvalue weighted by Crippen LogP contribution is 2.23. The van der Waals surface area contributed by atoms with E-state index >= 15 is 0 Å². The molecule has 0 spiro atoms. The van der Waals surface area contributed by atoms with Gasteiger partial charge in [-0.25, -0.2) is 14.4 Å². The zero-order valence-electron chi connectivity index (χ0n) is 19.5. The Morgan fingerprint density at radius 1 is 0.968 bits per heavy atom. The van der Waals surface area contributed by atoms with Gasteiger partial charge in [0.05, 0.1) is 13.7 Å². The summed E-state index contributed by atoms with van der Waals surface area (Å²) < 4.78 is 17.6. The number of ether oxygens (including phenoxy) is 3. The van der Waals surface area contributed by atoms with E-state index in [1.165, 1.54) is 7.11 Å². The molecule has 0 fully saturated rings. The van der Waals surface area contributed by atoms with E-state index in [0.717, 1.165) is 16.5 Å². The first-order valence-electron chi connectivity index (χ1n) is 10.1. The number of hydrogen-bond donors (Lipinski definition) is 0. The van der Waals surface area contributed by atoms with Crippen molar-refractivity contribution in [1.29, 1.82) is 0 Å². The lowest BCUT2D eigenvalue weighted by Gasteiger charge is -2.32. The molecule has 2 aromatic rings. The molecule has 1 heterocycles. The average Bonchev–Trinajstić information content (AvgIpc) is 2.93. The zero-order chi connectivity index (χ0) is 23.6. The molecule has 0 saturated carbocycles. The number of benzene rings is 1. The smallest absolute Gasteiger partial charge is 0.420 e. The minimum Gasteiger partial charge on any atom is -0.467 e. The van der Waals surface area contributed by atoms with Crippen molar-refractivity contribution in [3.8, 4) is 0 Å². The lowest BCUT2D eigenvalue weighted by atomic mass is 10.2. The number of rotatable bonds is 4. The van der Waals surface area contributed by atoms with Gasteiger partial charge in [0.15, 0.2) is 6.04 Å². The molecule has 31 heavy (non-hydrogen) atoms. The zero-order valence-corrected chi connectivity index (χ0v) is 19.5. The summed E-state index contributed by atoms with van der Waals surface area (Å²) in [4.78, 5) is 39.4. The number of imide groups is 1. The van der Waals surface area contributed by atoms with Crippen LogP contribution < -0.4 is 0 Å². The number of aromatic nitrogens is 1. The van der Waals surface area contributed by atoms with Gasteiger partial charge in [0, 0.05) is 17.1 Å². The fourth-order valence-corrected chi connectivity index (χ4v) is 3.12. The number of carbonyl (C=O) groups excluding carboxylic acids is 3. The summed E-state index contributed by atoms with van der Waals surface area (Å²) in [7, 11) is 1.21. The molecule has 2 amide bonds. The molecule has 0 radical (unpaired) electrons. The van der Waals surface area contributed by atoms with Gasteiger partial charge >= 0.3 is 18.2 Å². The molecule has 2 rings (SSSR count). The van der Waals surface area contributed by atoms with Crippen molar-refractivity contribution in [1.82, 2.24) is 9.47 Å². The first-order chi connectivity index (χ1) is 14.2. The topological polar surface area (TPSA) is 87.1 Å². The SMILES string of the molecule is COC(=O)C(Cn1cc(C)c2ccccc21)N(C(=O)OC(C)(C)C)C(=O)OC(C)(C)C. The van der Waals surface area contributed by atoms with Crippen molar-refractivity contribution in [2.75, 3.05) is 7.11 Å². The van der Waals surface area contributed by atoms with Crippen LogP contribution in [0.3, 0.4) is 0 Å². The van der Waals surface area contributed by atoms with E-state index < -0.39 is 35.4 Å². The van der Waals surface area contributed by atoms with Crippen LogP contribution in [0.2, 0.25) is 0 Å². The van der Waals surface area contributed by atoms with Crippen LogP contribution in [0.5, 0.6) is 0 Å². The second kappa shape index (κ2) is 8.99. The minimum atomic E-state index is -1.29. The maximum Gasteiger partial charge on any atom is 0.420 e. The fourth-order valence-electron chi connectivity index (χ4n) is 3.12. The van der Waals surface area contributed by atoms with Crippen LogP contribution in [0.15, 0.2) is 30.5 Å². The normalized spacial score (nSPS) is 12.9. The van der Waals surface area contributed by atoms with Crippen molar-refractivity contribution in [2.45, 2.75) is 72.3 Å². The fraction of sp³-hybridized carbons (Fsp3) is 0.522. The predicted molar refractivity (Wildman–Crippen MR) is 117 cm³/mol. The van der Waals surface area contributed by atoms with E-state index in [1.54, 1.807) is 41.5 Å². The molecule has 1 aromatic heterocycles. The van der Waals surface area contributed by atoms with Gasteiger partial charge in [-0.05, 0) is 60.1 Å². The summed E-state index contributed by atoms with van der Waals surface area (Å²) in [6.45, 7) is 12.0. The Balaban J connectivity index is 2.52. The standard InChI is InChI=1S/C23H32N2O6/c1-15-13-24(17-12-10-9-11-16(15)17)14-18(19(26)29-8)25(20(27)30-22(2,3)4)21(28)31-23(5,6)7/h9-13,18H,14H2,1-8H3. The highest BCUT2D eigenvalue weighted by Gasteiger charge is 2.41. The molecule has 0 aliphatic carbocycles. The number of para-hydroxylation sites is 1. The average molecular weight is 433 g/mol. The van der Waals surface area contributed by atoms with Gasteiger partial charge in [-0.2, -0.15) is 4.90 Å². The van der Waals surface area contributed by atoms with E-state index in [2.05, 4.69) is 0 Å². The van der Waals surface area contributed by atoms with E-state index in [0.29, 0.717) is 4.90 Å². The molecule has 1 aromatic carbocycles. The number of aryl methyl sites for hydroxylation is 1. The van der Waals surface area contributed by atoms with Crippen LogP contribution in [-0.4, -0.2) is 52.0 Å². The first kappa shape index (κ1) is 24.2. The van der Waals surface area contributed by atoms with Gasteiger partial charge in [0.2, 0.25) is 0 Å². The quantitative estimate of drug-likeness (QED) is 0.516. The Bertz CT molecular complexity index is 937. The molecular formula is C23H32N2O6. The molecule has 0 bridgehead atoms. The van der Waals surface area contributed by atoms with Crippen LogP contribution in [0, 0.1) is 6.92 Å².